The van der Waals surface area contributed by atoms with E-state index in [0.717, 1.165) is 25.7 Å². The van der Waals surface area contributed by atoms with Gasteiger partial charge in [0.1, 0.15) is 0 Å². The average molecular weight is 449 g/mol. The largest absolute Gasteiger partial charge is 0.772 e. The van der Waals surface area contributed by atoms with Crippen molar-refractivity contribution in [1.29, 1.82) is 0 Å². The molecule has 3 fully saturated rings. The first-order valence-corrected chi connectivity index (χ1v) is 12.4. The number of rotatable bonds is 7. The maximum atomic E-state index is 13.4. The summed E-state index contributed by atoms with van der Waals surface area (Å²) in [5.41, 5.74) is 1.05. The monoisotopic (exact) mass is 448 g/mol. The van der Waals surface area contributed by atoms with Crippen LogP contribution in [0.25, 0.3) is 0 Å². The van der Waals surface area contributed by atoms with E-state index >= 15 is 0 Å². The Morgan fingerprint density at radius 2 is 1.84 bits per heavy atom. The summed E-state index contributed by atoms with van der Waals surface area (Å²) in [6.45, 7) is 4.63. The lowest BCUT2D eigenvalue weighted by Crippen LogP contribution is -2.57. The molecule has 1 aromatic rings. The lowest BCUT2D eigenvalue weighted by molar-refractivity contribution is -0.0569. The molecule has 0 aromatic heterocycles. The number of hydrogen-bond donors (Lipinski definition) is 0. The Labute approximate surface area is 188 Å². The van der Waals surface area contributed by atoms with Crippen molar-refractivity contribution in [3.8, 4) is 0 Å². The van der Waals surface area contributed by atoms with Crippen LogP contribution < -0.4 is 0 Å². The van der Waals surface area contributed by atoms with Crippen LogP contribution >= 0.6 is 0 Å². The molecule has 2 heterocycles. The van der Waals surface area contributed by atoms with Crippen molar-refractivity contribution < 1.29 is 18.3 Å². The van der Waals surface area contributed by atoms with Gasteiger partial charge in [-0.25, -0.2) is 4.79 Å². The number of carbonyl (C=O) groups is 1. The molecule has 2 atom stereocenters. The van der Waals surface area contributed by atoms with Crippen molar-refractivity contribution in [3.63, 3.8) is 0 Å². The standard InChI is InChI=1S/C23H35N3O4S/c1-18(31(28)29)13-25-17-22(26(21(25)27)14-19-15-30-16-19)9-11-23(12-10-22,24(2)3)20-7-5-4-6-8-20/h4-8,18-19H,9-17H2,1-3H3,(H,28,29)/p-1. The third-order valence-electron chi connectivity index (χ3n) is 7.69. The predicted octanol–water partition coefficient (Wildman–Crippen LogP) is 2.41. The van der Waals surface area contributed by atoms with E-state index in [1.165, 1.54) is 5.56 Å². The number of carbonyl (C=O) groups excluding carboxylic acids is 1. The second-order valence-electron chi connectivity index (χ2n) is 9.76. The molecule has 2 aliphatic heterocycles. The molecule has 2 unspecified atom stereocenters. The topological polar surface area (TPSA) is 76.2 Å². The van der Waals surface area contributed by atoms with Gasteiger partial charge in [-0.15, -0.1) is 0 Å². The van der Waals surface area contributed by atoms with Crippen LogP contribution in [0.2, 0.25) is 0 Å². The first-order valence-electron chi connectivity index (χ1n) is 11.2. The van der Waals surface area contributed by atoms with Crippen molar-refractivity contribution in [2.75, 3.05) is 46.9 Å². The molecule has 0 N–H and O–H groups in total. The van der Waals surface area contributed by atoms with Crippen LogP contribution in [0.1, 0.15) is 38.2 Å². The molecule has 2 amide bonds. The second kappa shape index (κ2) is 8.81. The third kappa shape index (κ3) is 4.15. The summed E-state index contributed by atoms with van der Waals surface area (Å²) in [5.74, 6) is 0.376. The maximum Gasteiger partial charge on any atom is 0.320 e. The van der Waals surface area contributed by atoms with Crippen LogP contribution in [0, 0.1) is 5.92 Å². The highest BCUT2D eigenvalue weighted by molar-refractivity contribution is 7.79. The molecule has 1 aromatic carbocycles. The first-order chi connectivity index (χ1) is 14.8. The highest BCUT2D eigenvalue weighted by Crippen LogP contribution is 2.49. The van der Waals surface area contributed by atoms with E-state index in [0.29, 0.717) is 32.2 Å². The maximum absolute atomic E-state index is 13.4. The second-order valence-corrected chi connectivity index (χ2v) is 11.1. The van der Waals surface area contributed by atoms with E-state index in [-0.39, 0.29) is 23.7 Å². The van der Waals surface area contributed by atoms with Crippen molar-refractivity contribution in [2.45, 2.75) is 48.9 Å². The van der Waals surface area contributed by atoms with Crippen LogP contribution in [0.15, 0.2) is 30.3 Å². The molecule has 31 heavy (non-hydrogen) atoms. The Balaban J connectivity index is 1.58. The summed E-state index contributed by atoms with van der Waals surface area (Å²) in [6.07, 6.45) is 3.74. The smallest absolute Gasteiger partial charge is 0.320 e. The van der Waals surface area contributed by atoms with Gasteiger partial charge in [0.25, 0.3) is 0 Å². The van der Waals surface area contributed by atoms with Gasteiger partial charge in [0.15, 0.2) is 0 Å². The molecule has 1 spiro atoms. The zero-order valence-electron chi connectivity index (χ0n) is 18.8. The van der Waals surface area contributed by atoms with Crippen molar-refractivity contribution >= 4 is 17.1 Å². The average Bonchev–Trinajstić information content (AvgIpc) is 2.96. The molecule has 0 radical (unpaired) electrons. The van der Waals surface area contributed by atoms with Crippen molar-refractivity contribution in [2.24, 2.45) is 5.92 Å². The number of amides is 2. The summed E-state index contributed by atoms with van der Waals surface area (Å²) >= 11 is -2.18. The quantitative estimate of drug-likeness (QED) is 0.599. The lowest BCUT2D eigenvalue weighted by atomic mass is 9.68. The van der Waals surface area contributed by atoms with Crippen LogP contribution in [0.4, 0.5) is 4.79 Å². The van der Waals surface area contributed by atoms with Gasteiger partial charge in [-0.3, -0.25) is 9.11 Å². The van der Waals surface area contributed by atoms with Gasteiger partial charge in [-0.05, 0) is 45.3 Å². The molecule has 1 saturated carbocycles. The Morgan fingerprint density at radius 3 is 2.35 bits per heavy atom. The fourth-order valence-electron chi connectivity index (χ4n) is 5.62. The van der Waals surface area contributed by atoms with Crippen LogP contribution in [0.5, 0.6) is 0 Å². The normalized spacial score (nSPS) is 31.3. The van der Waals surface area contributed by atoms with Crippen LogP contribution in [0.3, 0.4) is 0 Å². The van der Waals surface area contributed by atoms with Gasteiger partial charge in [0.05, 0.1) is 18.8 Å². The van der Waals surface area contributed by atoms with Crippen molar-refractivity contribution in [1.82, 2.24) is 14.7 Å². The van der Waals surface area contributed by atoms with Gasteiger partial charge in [-0.1, -0.05) is 48.3 Å². The summed E-state index contributed by atoms with van der Waals surface area (Å²) < 4.78 is 28.2. The minimum absolute atomic E-state index is 0.0127. The molecular weight excluding hydrogens is 414 g/mol. The van der Waals surface area contributed by atoms with Crippen LogP contribution in [-0.2, 0) is 21.4 Å². The van der Waals surface area contributed by atoms with E-state index in [2.05, 4.69) is 48.2 Å². The molecule has 4 rings (SSSR count). The Bertz CT molecular complexity index is 806. The minimum atomic E-state index is -2.18. The fraction of sp³-hybridized carbons (Fsp3) is 0.696. The van der Waals surface area contributed by atoms with Gasteiger partial charge >= 0.3 is 6.03 Å². The van der Waals surface area contributed by atoms with E-state index < -0.39 is 16.3 Å². The first kappa shape index (κ1) is 22.7. The molecule has 3 aliphatic rings. The predicted molar refractivity (Wildman–Crippen MR) is 119 cm³/mol. The molecule has 8 heteroatoms. The Hall–Kier alpha value is -1.48. The minimum Gasteiger partial charge on any atom is -0.772 e. The summed E-state index contributed by atoms with van der Waals surface area (Å²) in [5, 5.41) is -0.568. The van der Waals surface area contributed by atoms with E-state index in [4.69, 9.17) is 4.74 Å². The summed E-state index contributed by atoms with van der Waals surface area (Å²) in [4.78, 5) is 19.5. The van der Waals surface area contributed by atoms with Gasteiger partial charge in [0, 0.05) is 36.3 Å². The molecule has 172 valence electrons. The summed E-state index contributed by atoms with van der Waals surface area (Å²) in [7, 11) is 4.29. The van der Waals surface area contributed by atoms with E-state index in [9.17, 15) is 13.6 Å². The molecular formula is C23H34N3O4S-. The lowest BCUT2D eigenvalue weighted by Gasteiger charge is -2.51. The zero-order valence-corrected chi connectivity index (χ0v) is 19.6. The molecule has 1 aliphatic carbocycles. The third-order valence-corrected chi connectivity index (χ3v) is 8.49. The highest BCUT2D eigenvalue weighted by atomic mass is 32.2. The van der Waals surface area contributed by atoms with Gasteiger partial charge in [0.2, 0.25) is 0 Å². The number of nitrogens with zero attached hydrogens (tertiary/aromatic N) is 3. The van der Waals surface area contributed by atoms with Crippen molar-refractivity contribution in [3.05, 3.63) is 35.9 Å². The Morgan fingerprint density at radius 1 is 1.19 bits per heavy atom. The fourth-order valence-corrected chi connectivity index (χ4v) is 5.92. The van der Waals surface area contributed by atoms with E-state index in [1.54, 1.807) is 11.8 Å². The zero-order chi connectivity index (χ0) is 22.2. The van der Waals surface area contributed by atoms with E-state index in [1.807, 2.05) is 6.07 Å². The number of urea groups is 1. The molecule has 2 saturated heterocycles. The summed E-state index contributed by atoms with van der Waals surface area (Å²) in [6, 6.07) is 10.6. The van der Waals surface area contributed by atoms with Crippen LogP contribution in [-0.4, -0.2) is 87.2 Å². The molecule has 7 nitrogen and oxygen atoms in total. The SMILES string of the molecule is CC(CN1CC2(CCC(c3ccccc3)(N(C)C)CC2)N(CC2COC2)C1=O)S(=O)[O-]. The highest BCUT2D eigenvalue weighted by Gasteiger charge is 2.55. The number of benzene rings is 1. The van der Waals surface area contributed by atoms with Gasteiger partial charge < -0.3 is 19.1 Å². The molecule has 0 bridgehead atoms. The number of ether oxygens (including phenoxy) is 1. The number of hydrogen-bond acceptors (Lipinski definition) is 5. The Kier molecular flexibility index (Phi) is 6.45. The van der Waals surface area contributed by atoms with Gasteiger partial charge in [-0.2, -0.15) is 0 Å².